The zero-order chi connectivity index (χ0) is 9.68. The van der Waals surface area contributed by atoms with Crippen molar-refractivity contribution in [3.8, 4) is 0 Å². The molecule has 1 aromatic carbocycles. The first kappa shape index (κ1) is 9.78. The Balaban J connectivity index is 2.96. The lowest BCUT2D eigenvalue weighted by Gasteiger charge is -2.08. The van der Waals surface area contributed by atoms with Gasteiger partial charge in [0, 0.05) is 0 Å². The van der Waals surface area contributed by atoms with Gasteiger partial charge in [-0.15, -0.1) is 0 Å². The van der Waals surface area contributed by atoms with Gasteiger partial charge in [-0.3, -0.25) is 0 Å². The van der Waals surface area contributed by atoms with Crippen molar-refractivity contribution in [3.05, 3.63) is 35.9 Å². The van der Waals surface area contributed by atoms with E-state index in [1.807, 2.05) is 30.3 Å². The van der Waals surface area contributed by atoms with Crippen LogP contribution in [0.4, 0.5) is 0 Å². The largest absolute Gasteiger partial charge is 0.399 e. The number of rotatable bonds is 3. The SMILES string of the molecule is CON=C(c1ccccc1)C(C)C. The van der Waals surface area contributed by atoms with E-state index < -0.39 is 0 Å². The van der Waals surface area contributed by atoms with E-state index in [1.54, 1.807) is 7.11 Å². The summed E-state index contributed by atoms with van der Waals surface area (Å²) in [7, 11) is 1.57. The highest BCUT2D eigenvalue weighted by atomic mass is 16.6. The fourth-order valence-corrected chi connectivity index (χ4v) is 1.20. The van der Waals surface area contributed by atoms with Crippen LogP contribution in [0.3, 0.4) is 0 Å². The van der Waals surface area contributed by atoms with E-state index in [9.17, 15) is 0 Å². The first-order chi connectivity index (χ1) is 6.25. The summed E-state index contributed by atoms with van der Waals surface area (Å²) in [5.74, 6) is 0.377. The van der Waals surface area contributed by atoms with Crippen LogP contribution < -0.4 is 0 Å². The molecule has 2 nitrogen and oxygen atoms in total. The second kappa shape index (κ2) is 4.65. The van der Waals surface area contributed by atoms with Gasteiger partial charge in [0.2, 0.25) is 0 Å². The summed E-state index contributed by atoms with van der Waals surface area (Å²) in [4.78, 5) is 4.81. The number of oxime groups is 1. The first-order valence-corrected chi connectivity index (χ1v) is 4.42. The van der Waals surface area contributed by atoms with Crippen molar-refractivity contribution in [3.63, 3.8) is 0 Å². The minimum atomic E-state index is 0.377. The van der Waals surface area contributed by atoms with Crippen molar-refractivity contribution in [1.29, 1.82) is 0 Å². The Labute approximate surface area is 79.2 Å². The summed E-state index contributed by atoms with van der Waals surface area (Å²) in [6.07, 6.45) is 0. The number of benzene rings is 1. The van der Waals surface area contributed by atoms with Crippen LogP contribution in [-0.2, 0) is 4.84 Å². The molecule has 0 unspecified atom stereocenters. The second-order valence-corrected chi connectivity index (χ2v) is 3.18. The zero-order valence-corrected chi connectivity index (χ0v) is 8.32. The molecule has 0 aliphatic carbocycles. The maximum absolute atomic E-state index is 4.81. The maximum Gasteiger partial charge on any atom is 0.106 e. The average Bonchev–Trinajstić information content (AvgIpc) is 2.15. The van der Waals surface area contributed by atoms with Gasteiger partial charge in [0.25, 0.3) is 0 Å². The molecule has 0 aromatic heterocycles. The van der Waals surface area contributed by atoms with Crippen LogP contribution in [0.15, 0.2) is 35.5 Å². The number of hydrogen-bond donors (Lipinski definition) is 0. The molecule has 0 aliphatic rings. The van der Waals surface area contributed by atoms with Gasteiger partial charge in [0.1, 0.15) is 7.11 Å². The molecule has 0 aliphatic heterocycles. The quantitative estimate of drug-likeness (QED) is 0.514. The van der Waals surface area contributed by atoms with Gasteiger partial charge in [0.15, 0.2) is 0 Å². The van der Waals surface area contributed by atoms with Crippen LogP contribution in [0.1, 0.15) is 19.4 Å². The van der Waals surface area contributed by atoms with E-state index in [2.05, 4.69) is 19.0 Å². The Kier molecular flexibility index (Phi) is 3.50. The van der Waals surface area contributed by atoms with Crippen molar-refractivity contribution < 1.29 is 4.84 Å². The van der Waals surface area contributed by atoms with Gasteiger partial charge in [-0.1, -0.05) is 49.3 Å². The van der Waals surface area contributed by atoms with Crippen LogP contribution >= 0.6 is 0 Å². The lowest BCUT2D eigenvalue weighted by atomic mass is 10.0. The predicted molar refractivity (Wildman–Crippen MR) is 54.8 cm³/mol. The Morgan fingerprint density at radius 1 is 1.23 bits per heavy atom. The smallest absolute Gasteiger partial charge is 0.106 e. The highest BCUT2D eigenvalue weighted by Gasteiger charge is 2.07. The van der Waals surface area contributed by atoms with Crippen LogP contribution in [0.25, 0.3) is 0 Å². The first-order valence-electron chi connectivity index (χ1n) is 4.42. The third-order valence-electron chi connectivity index (χ3n) is 1.81. The van der Waals surface area contributed by atoms with Crippen LogP contribution in [-0.4, -0.2) is 12.8 Å². The Morgan fingerprint density at radius 2 is 1.85 bits per heavy atom. The monoisotopic (exact) mass is 177 g/mol. The molecule has 0 spiro atoms. The normalized spacial score (nSPS) is 11.8. The van der Waals surface area contributed by atoms with Gasteiger partial charge in [-0.25, -0.2) is 0 Å². The Bertz CT molecular complexity index is 277. The fourth-order valence-electron chi connectivity index (χ4n) is 1.20. The Hall–Kier alpha value is -1.31. The predicted octanol–water partition coefficient (Wildman–Crippen LogP) is 2.69. The minimum absolute atomic E-state index is 0.377. The summed E-state index contributed by atoms with van der Waals surface area (Å²) in [6, 6.07) is 10.1. The highest BCUT2D eigenvalue weighted by Crippen LogP contribution is 2.09. The molecule has 0 saturated heterocycles. The van der Waals surface area contributed by atoms with E-state index in [0.29, 0.717) is 5.92 Å². The van der Waals surface area contributed by atoms with E-state index in [1.165, 1.54) is 0 Å². The van der Waals surface area contributed by atoms with Crippen molar-refractivity contribution in [2.24, 2.45) is 11.1 Å². The van der Waals surface area contributed by atoms with Crippen molar-refractivity contribution in [1.82, 2.24) is 0 Å². The van der Waals surface area contributed by atoms with E-state index in [4.69, 9.17) is 4.84 Å². The number of nitrogens with zero attached hydrogens (tertiary/aromatic N) is 1. The molecule has 1 rings (SSSR count). The molecule has 0 atom stereocenters. The molecule has 0 N–H and O–H groups in total. The molecule has 0 bridgehead atoms. The van der Waals surface area contributed by atoms with Gasteiger partial charge < -0.3 is 4.84 Å². The molecule has 2 heteroatoms. The molecular weight excluding hydrogens is 162 g/mol. The molecule has 0 amide bonds. The molecule has 0 radical (unpaired) electrons. The lowest BCUT2D eigenvalue weighted by molar-refractivity contribution is 0.212. The Morgan fingerprint density at radius 3 is 2.31 bits per heavy atom. The van der Waals surface area contributed by atoms with Crippen molar-refractivity contribution in [2.45, 2.75) is 13.8 Å². The van der Waals surface area contributed by atoms with E-state index >= 15 is 0 Å². The van der Waals surface area contributed by atoms with Crippen LogP contribution in [0.2, 0.25) is 0 Å². The third-order valence-corrected chi connectivity index (χ3v) is 1.81. The highest BCUT2D eigenvalue weighted by molar-refractivity contribution is 6.01. The minimum Gasteiger partial charge on any atom is -0.399 e. The average molecular weight is 177 g/mol. The molecule has 0 fully saturated rings. The summed E-state index contributed by atoms with van der Waals surface area (Å²) < 4.78 is 0. The summed E-state index contributed by atoms with van der Waals surface area (Å²) in [5, 5.41) is 4.01. The van der Waals surface area contributed by atoms with Gasteiger partial charge in [0.05, 0.1) is 5.71 Å². The molecule has 13 heavy (non-hydrogen) atoms. The topological polar surface area (TPSA) is 21.6 Å². The summed E-state index contributed by atoms with van der Waals surface area (Å²) in [6.45, 7) is 4.20. The van der Waals surface area contributed by atoms with Gasteiger partial charge in [-0.05, 0) is 11.5 Å². The van der Waals surface area contributed by atoms with Gasteiger partial charge in [-0.2, -0.15) is 0 Å². The number of hydrogen-bond acceptors (Lipinski definition) is 2. The molecule has 0 saturated carbocycles. The van der Waals surface area contributed by atoms with E-state index in [0.717, 1.165) is 11.3 Å². The van der Waals surface area contributed by atoms with Crippen molar-refractivity contribution in [2.75, 3.05) is 7.11 Å². The molecule has 70 valence electrons. The summed E-state index contributed by atoms with van der Waals surface area (Å²) >= 11 is 0. The van der Waals surface area contributed by atoms with Crippen LogP contribution in [0, 0.1) is 5.92 Å². The maximum atomic E-state index is 4.81. The lowest BCUT2D eigenvalue weighted by Crippen LogP contribution is -2.09. The summed E-state index contributed by atoms with van der Waals surface area (Å²) in [5.41, 5.74) is 2.11. The van der Waals surface area contributed by atoms with Crippen LogP contribution in [0.5, 0.6) is 0 Å². The molecule has 1 aromatic rings. The van der Waals surface area contributed by atoms with Crippen molar-refractivity contribution >= 4 is 5.71 Å². The zero-order valence-electron chi connectivity index (χ0n) is 8.32. The fraction of sp³-hybridized carbons (Fsp3) is 0.364. The molecular formula is C11H15NO. The second-order valence-electron chi connectivity index (χ2n) is 3.18. The van der Waals surface area contributed by atoms with E-state index in [-0.39, 0.29) is 0 Å². The standard InChI is InChI=1S/C11H15NO/c1-9(2)11(12-13-3)10-7-5-4-6-8-10/h4-9H,1-3H3. The van der Waals surface area contributed by atoms with Gasteiger partial charge >= 0.3 is 0 Å². The molecule has 0 heterocycles. The third kappa shape index (κ3) is 2.58.